The summed E-state index contributed by atoms with van der Waals surface area (Å²) >= 11 is 0. The van der Waals surface area contributed by atoms with Crippen molar-refractivity contribution in [3.63, 3.8) is 0 Å². The van der Waals surface area contributed by atoms with E-state index in [-0.39, 0.29) is 0 Å². The summed E-state index contributed by atoms with van der Waals surface area (Å²) in [6.45, 7) is 2.33. The second kappa shape index (κ2) is 5.71. The fourth-order valence-corrected chi connectivity index (χ4v) is 2.52. The van der Waals surface area contributed by atoms with Crippen LogP contribution in [0.2, 0.25) is 0 Å². The molecule has 0 bridgehead atoms. The highest BCUT2D eigenvalue weighted by molar-refractivity contribution is 7.86. The van der Waals surface area contributed by atoms with Gasteiger partial charge in [0, 0.05) is 6.54 Å². The topological polar surface area (TPSA) is 72.2 Å². The van der Waals surface area contributed by atoms with Crippen molar-refractivity contribution < 1.29 is 13.0 Å². The molecule has 0 aliphatic heterocycles. The Kier molecular flexibility index (Phi) is 4.21. The zero-order valence-corrected chi connectivity index (χ0v) is 11.7. The normalized spacial score (nSPS) is 13.8. The number of aryl methyl sites for hydroxylation is 1. The van der Waals surface area contributed by atoms with Crippen molar-refractivity contribution in [3.05, 3.63) is 30.6 Å². The van der Waals surface area contributed by atoms with Crippen molar-refractivity contribution in [1.82, 2.24) is 9.55 Å². The molecule has 0 saturated carbocycles. The van der Waals surface area contributed by atoms with E-state index in [1.165, 1.54) is 6.92 Å². The molecule has 1 aromatic heterocycles. The highest BCUT2D eigenvalue weighted by atomic mass is 32.2. The largest absolute Gasteiger partial charge is 0.331 e. The van der Waals surface area contributed by atoms with Crippen LogP contribution in [0, 0.1) is 0 Å². The third-order valence-electron chi connectivity index (χ3n) is 3.30. The summed E-state index contributed by atoms with van der Waals surface area (Å²) in [6, 6.07) is 7.91. The molecule has 0 aliphatic carbocycles. The van der Waals surface area contributed by atoms with Gasteiger partial charge in [-0.2, -0.15) is 8.42 Å². The first kappa shape index (κ1) is 14.0. The number of imidazole rings is 1. The SMILES string of the molecule is CC(CCCCn1cnc2ccccc21)S(=O)(=O)O. The van der Waals surface area contributed by atoms with Gasteiger partial charge in [0.2, 0.25) is 0 Å². The molecule has 0 spiro atoms. The number of unbranched alkanes of at least 4 members (excludes halogenated alkanes) is 1. The van der Waals surface area contributed by atoms with Crippen LogP contribution in [0.1, 0.15) is 26.2 Å². The van der Waals surface area contributed by atoms with Crippen LogP contribution in [0.25, 0.3) is 11.0 Å². The predicted octanol–water partition coefficient (Wildman–Crippen LogP) is 2.48. The smallest absolute Gasteiger partial charge is 0.267 e. The number of aromatic nitrogens is 2. The monoisotopic (exact) mass is 282 g/mol. The van der Waals surface area contributed by atoms with Crippen LogP contribution in [0.4, 0.5) is 0 Å². The molecule has 1 heterocycles. The minimum atomic E-state index is -3.89. The summed E-state index contributed by atoms with van der Waals surface area (Å²) in [4.78, 5) is 4.30. The van der Waals surface area contributed by atoms with Crippen LogP contribution in [-0.4, -0.2) is 27.8 Å². The van der Waals surface area contributed by atoms with Gasteiger partial charge in [-0.15, -0.1) is 0 Å². The minimum Gasteiger partial charge on any atom is -0.331 e. The summed E-state index contributed by atoms with van der Waals surface area (Å²) in [5.74, 6) is 0. The maximum Gasteiger partial charge on any atom is 0.267 e. The third-order valence-corrected chi connectivity index (χ3v) is 4.55. The fourth-order valence-electron chi connectivity index (χ4n) is 2.05. The first-order valence-corrected chi connectivity index (χ1v) is 7.85. The Bertz CT molecular complexity index is 649. The van der Waals surface area contributed by atoms with Crippen molar-refractivity contribution in [2.24, 2.45) is 0 Å². The highest BCUT2D eigenvalue weighted by Crippen LogP contribution is 2.14. The van der Waals surface area contributed by atoms with E-state index in [9.17, 15) is 8.42 Å². The summed E-state index contributed by atoms with van der Waals surface area (Å²) in [5.41, 5.74) is 2.05. The lowest BCUT2D eigenvalue weighted by Crippen LogP contribution is -2.16. The van der Waals surface area contributed by atoms with E-state index in [4.69, 9.17) is 4.55 Å². The van der Waals surface area contributed by atoms with Crippen LogP contribution < -0.4 is 0 Å². The van der Waals surface area contributed by atoms with Gasteiger partial charge in [0.05, 0.1) is 22.6 Å². The number of benzene rings is 1. The number of hydrogen-bond donors (Lipinski definition) is 1. The maximum atomic E-state index is 10.9. The van der Waals surface area contributed by atoms with Crippen molar-refractivity contribution in [2.75, 3.05) is 0 Å². The Morgan fingerprint density at radius 1 is 1.32 bits per heavy atom. The van der Waals surface area contributed by atoms with Gasteiger partial charge in [0.15, 0.2) is 0 Å². The van der Waals surface area contributed by atoms with Crippen LogP contribution in [0.3, 0.4) is 0 Å². The van der Waals surface area contributed by atoms with Crippen LogP contribution in [0.15, 0.2) is 30.6 Å². The molecule has 5 nitrogen and oxygen atoms in total. The zero-order chi connectivity index (χ0) is 13.9. The molecule has 6 heteroatoms. The van der Waals surface area contributed by atoms with Gasteiger partial charge in [0.25, 0.3) is 10.1 Å². The summed E-state index contributed by atoms with van der Waals surface area (Å²) < 4.78 is 32.7. The summed E-state index contributed by atoms with van der Waals surface area (Å²) in [5, 5.41) is -0.688. The van der Waals surface area contributed by atoms with Crippen LogP contribution >= 0.6 is 0 Å². The summed E-state index contributed by atoms with van der Waals surface area (Å²) in [7, 11) is -3.89. The average Bonchev–Trinajstić information content (AvgIpc) is 2.76. The molecule has 0 amide bonds. The number of para-hydroxylation sites is 2. The second-order valence-corrected chi connectivity index (χ2v) is 6.58. The van der Waals surface area contributed by atoms with Gasteiger partial charge in [-0.3, -0.25) is 4.55 Å². The molecule has 104 valence electrons. The number of nitrogens with zero attached hydrogens (tertiary/aromatic N) is 2. The quantitative estimate of drug-likeness (QED) is 0.652. The molecule has 0 fully saturated rings. The lowest BCUT2D eigenvalue weighted by molar-refractivity contribution is 0.461. The highest BCUT2D eigenvalue weighted by Gasteiger charge is 2.16. The second-order valence-electron chi connectivity index (χ2n) is 4.75. The molecular formula is C13H18N2O3S. The first-order chi connectivity index (χ1) is 8.98. The molecule has 0 radical (unpaired) electrons. The Morgan fingerprint density at radius 3 is 2.79 bits per heavy atom. The van der Waals surface area contributed by atoms with E-state index in [0.717, 1.165) is 30.4 Å². The molecule has 2 rings (SSSR count). The van der Waals surface area contributed by atoms with E-state index in [0.29, 0.717) is 6.42 Å². The lowest BCUT2D eigenvalue weighted by atomic mass is 10.2. The van der Waals surface area contributed by atoms with E-state index in [2.05, 4.69) is 9.55 Å². The Labute approximate surface area is 113 Å². The molecule has 1 unspecified atom stereocenters. The van der Waals surface area contributed by atoms with Crippen LogP contribution in [0.5, 0.6) is 0 Å². The van der Waals surface area contributed by atoms with Gasteiger partial charge < -0.3 is 4.57 Å². The van der Waals surface area contributed by atoms with Crippen molar-refractivity contribution in [1.29, 1.82) is 0 Å². The number of fused-ring (bicyclic) bond motifs is 1. The van der Waals surface area contributed by atoms with Crippen LogP contribution in [-0.2, 0) is 16.7 Å². The van der Waals surface area contributed by atoms with E-state index < -0.39 is 15.4 Å². The van der Waals surface area contributed by atoms with Gasteiger partial charge in [-0.1, -0.05) is 18.6 Å². The molecule has 19 heavy (non-hydrogen) atoms. The van der Waals surface area contributed by atoms with Gasteiger partial charge >= 0.3 is 0 Å². The van der Waals surface area contributed by atoms with E-state index in [1.54, 1.807) is 6.33 Å². The predicted molar refractivity (Wildman–Crippen MR) is 74.6 cm³/mol. The lowest BCUT2D eigenvalue weighted by Gasteiger charge is -2.08. The van der Waals surface area contributed by atoms with Gasteiger partial charge in [-0.25, -0.2) is 4.98 Å². The zero-order valence-electron chi connectivity index (χ0n) is 10.9. The first-order valence-electron chi connectivity index (χ1n) is 6.34. The number of hydrogen-bond acceptors (Lipinski definition) is 3. The molecule has 1 aromatic carbocycles. The van der Waals surface area contributed by atoms with Crippen molar-refractivity contribution >= 4 is 21.2 Å². The average molecular weight is 282 g/mol. The third kappa shape index (κ3) is 3.54. The maximum absolute atomic E-state index is 10.9. The Hall–Kier alpha value is -1.40. The standard InChI is InChI=1S/C13H18N2O3S/c1-11(19(16,17)18)6-4-5-9-15-10-14-12-7-2-3-8-13(12)15/h2-3,7-8,10-11H,4-6,9H2,1H3,(H,16,17,18). The summed E-state index contributed by atoms with van der Waals surface area (Å²) in [6.07, 6.45) is 3.90. The molecule has 0 aliphatic rings. The molecule has 1 N–H and O–H groups in total. The molecule has 0 saturated heterocycles. The van der Waals surface area contributed by atoms with E-state index in [1.807, 2.05) is 24.3 Å². The minimum absolute atomic E-state index is 0.478. The van der Waals surface area contributed by atoms with Crippen molar-refractivity contribution in [2.45, 2.75) is 38.0 Å². The van der Waals surface area contributed by atoms with Gasteiger partial charge in [-0.05, 0) is 31.9 Å². The van der Waals surface area contributed by atoms with Crippen molar-refractivity contribution in [3.8, 4) is 0 Å². The van der Waals surface area contributed by atoms with Gasteiger partial charge in [0.1, 0.15) is 0 Å². The fraction of sp³-hybridized carbons (Fsp3) is 0.462. The number of rotatable bonds is 6. The molecule has 2 aromatic rings. The Balaban J connectivity index is 1.87. The van der Waals surface area contributed by atoms with E-state index >= 15 is 0 Å². The molecular weight excluding hydrogens is 264 g/mol. The Morgan fingerprint density at radius 2 is 2.05 bits per heavy atom. The molecule has 1 atom stereocenters.